The first-order chi connectivity index (χ1) is 9.10. The Bertz CT molecular complexity index is 291. The van der Waals surface area contributed by atoms with E-state index in [9.17, 15) is 4.79 Å². The first kappa shape index (κ1) is 14.8. The smallest absolute Gasteiger partial charge is 0.220 e. The minimum absolute atomic E-state index is 0.266. The highest BCUT2D eigenvalue weighted by Gasteiger charge is 2.37. The molecule has 0 radical (unpaired) electrons. The maximum Gasteiger partial charge on any atom is 0.220 e. The van der Waals surface area contributed by atoms with Gasteiger partial charge in [0.25, 0.3) is 0 Å². The summed E-state index contributed by atoms with van der Waals surface area (Å²) in [7, 11) is 0. The molecule has 1 heterocycles. The Morgan fingerprint density at radius 1 is 1.42 bits per heavy atom. The van der Waals surface area contributed by atoms with Crippen LogP contribution >= 0.6 is 0 Å². The third kappa shape index (κ3) is 4.48. The zero-order chi connectivity index (χ0) is 13.7. The van der Waals surface area contributed by atoms with Crippen molar-refractivity contribution in [2.45, 2.75) is 58.8 Å². The van der Waals surface area contributed by atoms with Crippen molar-refractivity contribution in [3.63, 3.8) is 0 Å². The van der Waals surface area contributed by atoms with Gasteiger partial charge in [0, 0.05) is 13.0 Å². The van der Waals surface area contributed by atoms with Crippen molar-refractivity contribution in [1.29, 1.82) is 0 Å². The van der Waals surface area contributed by atoms with Crippen molar-refractivity contribution in [3.05, 3.63) is 0 Å². The SMILES string of the molecule is CC(C)CC1(CNC(=O)CCC2CCNC2)CCC1. The van der Waals surface area contributed by atoms with E-state index in [2.05, 4.69) is 24.5 Å². The lowest BCUT2D eigenvalue weighted by Gasteiger charge is -2.43. The van der Waals surface area contributed by atoms with Gasteiger partial charge in [-0.05, 0) is 62.4 Å². The monoisotopic (exact) mass is 266 g/mol. The maximum absolute atomic E-state index is 11.9. The van der Waals surface area contributed by atoms with Crippen LogP contribution in [0.15, 0.2) is 0 Å². The van der Waals surface area contributed by atoms with E-state index in [1.54, 1.807) is 0 Å². The summed E-state index contributed by atoms with van der Waals surface area (Å²) in [5.74, 6) is 1.72. The number of hydrogen-bond acceptors (Lipinski definition) is 2. The second-order valence-electron chi connectivity index (χ2n) is 7.13. The molecule has 1 amide bonds. The molecule has 0 spiro atoms. The third-order valence-corrected chi connectivity index (χ3v) is 4.86. The quantitative estimate of drug-likeness (QED) is 0.744. The molecule has 19 heavy (non-hydrogen) atoms. The molecule has 0 aromatic rings. The Labute approximate surface area is 117 Å². The average molecular weight is 266 g/mol. The van der Waals surface area contributed by atoms with Gasteiger partial charge in [-0.25, -0.2) is 0 Å². The fraction of sp³-hybridized carbons (Fsp3) is 0.938. The first-order valence-corrected chi connectivity index (χ1v) is 8.07. The predicted octanol–water partition coefficient (Wildman–Crippen LogP) is 2.71. The Kier molecular flexibility index (Phi) is 5.26. The lowest BCUT2D eigenvalue weighted by atomic mass is 9.64. The summed E-state index contributed by atoms with van der Waals surface area (Å²) in [6.45, 7) is 7.71. The molecule has 1 saturated heterocycles. The van der Waals surface area contributed by atoms with Crippen molar-refractivity contribution in [1.82, 2.24) is 10.6 Å². The van der Waals surface area contributed by atoms with E-state index < -0.39 is 0 Å². The maximum atomic E-state index is 11.9. The zero-order valence-electron chi connectivity index (χ0n) is 12.6. The van der Waals surface area contributed by atoms with Gasteiger partial charge in [0.1, 0.15) is 0 Å². The highest BCUT2D eigenvalue weighted by Crippen LogP contribution is 2.45. The van der Waals surface area contributed by atoms with Crippen LogP contribution in [0.5, 0.6) is 0 Å². The number of rotatable bonds is 7. The molecular formula is C16H30N2O. The average Bonchev–Trinajstić information content (AvgIpc) is 2.82. The number of carbonyl (C=O) groups is 1. The second kappa shape index (κ2) is 6.74. The molecule has 3 nitrogen and oxygen atoms in total. The van der Waals surface area contributed by atoms with Gasteiger partial charge < -0.3 is 10.6 Å². The van der Waals surface area contributed by atoms with E-state index in [4.69, 9.17) is 0 Å². The summed E-state index contributed by atoms with van der Waals surface area (Å²) in [6.07, 6.45) is 8.22. The molecule has 1 saturated carbocycles. The molecular weight excluding hydrogens is 236 g/mol. The number of nitrogens with one attached hydrogen (secondary N) is 2. The van der Waals surface area contributed by atoms with Gasteiger partial charge in [-0.15, -0.1) is 0 Å². The van der Waals surface area contributed by atoms with Gasteiger partial charge in [-0.1, -0.05) is 20.3 Å². The zero-order valence-corrected chi connectivity index (χ0v) is 12.6. The second-order valence-corrected chi connectivity index (χ2v) is 7.13. The summed E-state index contributed by atoms with van der Waals surface area (Å²) < 4.78 is 0. The van der Waals surface area contributed by atoms with E-state index in [1.165, 1.54) is 32.1 Å². The van der Waals surface area contributed by atoms with Gasteiger partial charge in [0.05, 0.1) is 0 Å². The molecule has 0 aromatic carbocycles. The van der Waals surface area contributed by atoms with Crippen LogP contribution in [-0.2, 0) is 4.79 Å². The Morgan fingerprint density at radius 3 is 2.74 bits per heavy atom. The van der Waals surface area contributed by atoms with Crippen LogP contribution in [0.1, 0.15) is 58.8 Å². The lowest BCUT2D eigenvalue weighted by Crippen LogP contribution is -2.43. The van der Waals surface area contributed by atoms with Crippen LogP contribution in [0.2, 0.25) is 0 Å². The highest BCUT2D eigenvalue weighted by molar-refractivity contribution is 5.75. The molecule has 3 heteroatoms. The Morgan fingerprint density at radius 2 is 2.21 bits per heavy atom. The molecule has 1 aliphatic carbocycles. The Hall–Kier alpha value is -0.570. The number of hydrogen-bond donors (Lipinski definition) is 2. The number of carbonyl (C=O) groups excluding carboxylic acids is 1. The van der Waals surface area contributed by atoms with E-state index in [0.717, 1.165) is 37.9 Å². The van der Waals surface area contributed by atoms with Crippen LogP contribution in [0.3, 0.4) is 0 Å². The van der Waals surface area contributed by atoms with Gasteiger partial charge in [0.15, 0.2) is 0 Å². The molecule has 1 atom stereocenters. The van der Waals surface area contributed by atoms with E-state index in [0.29, 0.717) is 11.8 Å². The molecule has 1 unspecified atom stereocenters. The van der Waals surface area contributed by atoms with E-state index in [1.807, 2.05) is 0 Å². The van der Waals surface area contributed by atoms with Gasteiger partial charge in [0.2, 0.25) is 5.91 Å². The van der Waals surface area contributed by atoms with Gasteiger partial charge in [-0.3, -0.25) is 4.79 Å². The fourth-order valence-electron chi connectivity index (χ4n) is 3.67. The van der Waals surface area contributed by atoms with E-state index >= 15 is 0 Å². The van der Waals surface area contributed by atoms with Gasteiger partial charge in [-0.2, -0.15) is 0 Å². The fourth-order valence-corrected chi connectivity index (χ4v) is 3.67. The summed E-state index contributed by atoms with van der Waals surface area (Å²) in [6, 6.07) is 0. The summed E-state index contributed by atoms with van der Waals surface area (Å²) >= 11 is 0. The van der Waals surface area contributed by atoms with Crippen molar-refractivity contribution < 1.29 is 4.79 Å². The number of amides is 1. The third-order valence-electron chi connectivity index (χ3n) is 4.86. The normalized spacial score (nSPS) is 25.3. The van der Waals surface area contributed by atoms with Crippen molar-refractivity contribution >= 4 is 5.91 Å². The van der Waals surface area contributed by atoms with E-state index in [-0.39, 0.29) is 5.91 Å². The Balaban J connectivity index is 1.64. The molecule has 2 rings (SSSR count). The summed E-state index contributed by atoms with van der Waals surface area (Å²) in [5, 5.41) is 6.56. The minimum Gasteiger partial charge on any atom is -0.356 e. The predicted molar refractivity (Wildman–Crippen MR) is 79.0 cm³/mol. The molecule has 2 fully saturated rings. The molecule has 1 aliphatic heterocycles. The van der Waals surface area contributed by atoms with Crippen LogP contribution in [0.4, 0.5) is 0 Å². The molecule has 2 aliphatic rings. The van der Waals surface area contributed by atoms with Crippen LogP contribution in [0.25, 0.3) is 0 Å². The standard InChI is InChI=1S/C16H30N2O/c1-13(2)10-16(7-3-8-16)12-18-15(19)5-4-14-6-9-17-11-14/h13-14,17H,3-12H2,1-2H3,(H,18,19). The largest absolute Gasteiger partial charge is 0.356 e. The highest BCUT2D eigenvalue weighted by atomic mass is 16.1. The van der Waals surface area contributed by atoms with Crippen LogP contribution < -0.4 is 10.6 Å². The molecule has 0 bridgehead atoms. The topological polar surface area (TPSA) is 41.1 Å². The molecule has 2 N–H and O–H groups in total. The minimum atomic E-state index is 0.266. The van der Waals surface area contributed by atoms with Crippen LogP contribution in [0, 0.1) is 17.3 Å². The van der Waals surface area contributed by atoms with Crippen LogP contribution in [-0.4, -0.2) is 25.5 Å². The summed E-state index contributed by atoms with van der Waals surface area (Å²) in [5.41, 5.74) is 0.429. The van der Waals surface area contributed by atoms with Gasteiger partial charge >= 0.3 is 0 Å². The van der Waals surface area contributed by atoms with Crippen molar-refractivity contribution in [2.75, 3.05) is 19.6 Å². The lowest BCUT2D eigenvalue weighted by molar-refractivity contribution is -0.122. The molecule has 110 valence electrons. The van der Waals surface area contributed by atoms with Crippen molar-refractivity contribution in [3.8, 4) is 0 Å². The van der Waals surface area contributed by atoms with Crippen molar-refractivity contribution in [2.24, 2.45) is 17.3 Å². The molecule has 0 aromatic heterocycles. The summed E-state index contributed by atoms with van der Waals surface area (Å²) in [4.78, 5) is 11.9. The first-order valence-electron chi connectivity index (χ1n) is 8.07.